The van der Waals surface area contributed by atoms with Gasteiger partial charge in [0.2, 0.25) is 0 Å². The van der Waals surface area contributed by atoms with Crippen molar-refractivity contribution >= 4 is 34.5 Å². The van der Waals surface area contributed by atoms with Crippen LogP contribution in [-0.4, -0.2) is 16.1 Å². The van der Waals surface area contributed by atoms with Crippen LogP contribution in [0.15, 0.2) is 66.9 Å². The van der Waals surface area contributed by atoms with Gasteiger partial charge in [0, 0.05) is 17.6 Å². The normalized spacial score (nSPS) is 10.2. The molecule has 0 aliphatic carbocycles. The van der Waals surface area contributed by atoms with Crippen molar-refractivity contribution in [1.29, 1.82) is 0 Å². The molecule has 1 heterocycles. The molecule has 0 aliphatic rings. The quantitative estimate of drug-likeness (QED) is 0.570. The van der Waals surface area contributed by atoms with Gasteiger partial charge >= 0.3 is 5.97 Å². The summed E-state index contributed by atoms with van der Waals surface area (Å²) < 4.78 is 0. The highest BCUT2D eigenvalue weighted by Crippen LogP contribution is 2.24. The van der Waals surface area contributed by atoms with Gasteiger partial charge in [0.1, 0.15) is 0 Å². The van der Waals surface area contributed by atoms with Crippen LogP contribution < -0.4 is 16.4 Å². The molecule has 0 saturated heterocycles. The standard InChI is InChI=1S/C18H16N4O2/c19-15-5-3-11-20-17(15)22-13-9-7-12(8-10-13)21-16-6-2-1-4-14(16)18(23)24/h1-11,21H,19H2,(H,20,22)(H,23,24). The van der Waals surface area contributed by atoms with Crippen LogP contribution in [0, 0.1) is 0 Å². The number of nitrogens with two attached hydrogens (primary N) is 1. The van der Waals surface area contributed by atoms with E-state index in [1.165, 1.54) is 0 Å². The van der Waals surface area contributed by atoms with Crippen molar-refractivity contribution in [2.75, 3.05) is 16.4 Å². The number of para-hydroxylation sites is 1. The molecule has 0 amide bonds. The van der Waals surface area contributed by atoms with E-state index in [4.69, 9.17) is 5.73 Å². The van der Waals surface area contributed by atoms with E-state index in [2.05, 4.69) is 15.6 Å². The number of carboxylic acids is 1. The highest BCUT2D eigenvalue weighted by Gasteiger charge is 2.09. The smallest absolute Gasteiger partial charge is 0.337 e. The maximum absolute atomic E-state index is 11.2. The van der Waals surface area contributed by atoms with E-state index in [1.54, 1.807) is 42.6 Å². The third kappa shape index (κ3) is 3.44. The van der Waals surface area contributed by atoms with Gasteiger partial charge in [-0.25, -0.2) is 9.78 Å². The fourth-order valence-corrected chi connectivity index (χ4v) is 2.23. The fourth-order valence-electron chi connectivity index (χ4n) is 2.23. The number of hydrogen-bond acceptors (Lipinski definition) is 5. The number of benzene rings is 2. The monoisotopic (exact) mass is 320 g/mol. The zero-order valence-electron chi connectivity index (χ0n) is 12.7. The molecule has 0 bridgehead atoms. The minimum absolute atomic E-state index is 0.223. The lowest BCUT2D eigenvalue weighted by Gasteiger charge is -2.11. The van der Waals surface area contributed by atoms with E-state index >= 15 is 0 Å². The Morgan fingerprint density at radius 3 is 2.25 bits per heavy atom. The Morgan fingerprint density at radius 2 is 1.58 bits per heavy atom. The van der Waals surface area contributed by atoms with E-state index < -0.39 is 5.97 Å². The molecule has 6 nitrogen and oxygen atoms in total. The van der Waals surface area contributed by atoms with Crippen LogP contribution in [0.3, 0.4) is 0 Å². The van der Waals surface area contributed by atoms with Crippen LogP contribution in [0.2, 0.25) is 0 Å². The summed E-state index contributed by atoms with van der Waals surface area (Å²) in [4.78, 5) is 15.4. The molecule has 120 valence electrons. The maximum Gasteiger partial charge on any atom is 0.337 e. The van der Waals surface area contributed by atoms with Crippen molar-refractivity contribution in [1.82, 2.24) is 4.98 Å². The van der Waals surface area contributed by atoms with E-state index in [0.717, 1.165) is 11.4 Å². The first-order valence-electron chi connectivity index (χ1n) is 7.30. The maximum atomic E-state index is 11.2. The van der Waals surface area contributed by atoms with Gasteiger partial charge in [-0.1, -0.05) is 12.1 Å². The average molecular weight is 320 g/mol. The Hall–Kier alpha value is -3.54. The number of carboxylic acid groups (broad SMARTS) is 1. The molecule has 3 rings (SSSR count). The molecule has 1 aromatic heterocycles. The third-order valence-electron chi connectivity index (χ3n) is 3.42. The van der Waals surface area contributed by atoms with Gasteiger partial charge < -0.3 is 21.5 Å². The highest BCUT2D eigenvalue weighted by atomic mass is 16.4. The molecular weight excluding hydrogens is 304 g/mol. The first-order valence-corrected chi connectivity index (χ1v) is 7.30. The van der Waals surface area contributed by atoms with Crippen LogP contribution in [-0.2, 0) is 0 Å². The molecule has 5 N–H and O–H groups in total. The second-order valence-corrected chi connectivity index (χ2v) is 5.12. The number of anilines is 5. The molecule has 2 aromatic carbocycles. The molecule has 0 spiro atoms. The number of pyridine rings is 1. The lowest BCUT2D eigenvalue weighted by atomic mass is 10.1. The molecule has 3 aromatic rings. The summed E-state index contributed by atoms with van der Waals surface area (Å²) in [6.45, 7) is 0. The van der Waals surface area contributed by atoms with Crippen molar-refractivity contribution in [3.63, 3.8) is 0 Å². The summed E-state index contributed by atoms with van der Waals surface area (Å²) in [5, 5.41) is 15.5. The molecule has 0 fully saturated rings. The van der Waals surface area contributed by atoms with Crippen LogP contribution >= 0.6 is 0 Å². The van der Waals surface area contributed by atoms with Gasteiger partial charge in [-0.3, -0.25) is 0 Å². The van der Waals surface area contributed by atoms with Crippen molar-refractivity contribution in [3.05, 3.63) is 72.4 Å². The molecule has 0 saturated carbocycles. The second kappa shape index (κ2) is 6.70. The zero-order chi connectivity index (χ0) is 16.9. The first-order chi connectivity index (χ1) is 11.6. The number of rotatable bonds is 5. The van der Waals surface area contributed by atoms with Gasteiger partial charge in [0.05, 0.1) is 16.9 Å². The summed E-state index contributed by atoms with van der Waals surface area (Å²) in [7, 11) is 0. The molecular formula is C18H16N4O2. The lowest BCUT2D eigenvalue weighted by molar-refractivity contribution is 0.0698. The van der Waals surface area contributed by atoms with Gasteiger partial charge in [0.15, 0.2) is 5.82 Å². The summed E-state index contributed by atoms with van der Waals surface area (Å²) in [5.41, 5.74) is 8.79. The highest BCUT2D eigenvalue weighted by molar-refractivity contribution is 5.95. The summed E-state index contributed by atoms with van der Waals surface area (Å²) in [6.07, 6.45) is 1.66. The Balaban J connectivity index is 1.76. The average Bonchev–Trinajstić information content (AvgIpc) is 2.59. The van der Waals surface area contributed by atoms with Crippen LogP contribution in [0.25, 0.3) is 0 Å². The predicted molar refractivity (Wildman–Crippen MR) is 95.1 cm³/mol. The fraction of sp³-hybridized carbons (Fsp3) is 0. The van der Waals surface area contributed by atoms with E-state index in [0.29, 0.717) is 17.2 Å². The molecule has 0 radical (unpaired) electrons. The third-order valence-corrected chi connectivity index (χ3v) is 3.42. The van der Waals surface area contributed by atoms with Crippen LogP contribution in [0.5, 0.6) is 0 Å². The Labute approximate surface area is 139 Å². The summed E-state index contributed by atoms with van der Waals surface area (Å²) >= 11 is 0. The Morgan fingerprint density at radius 1 is 0.917 bits per heavy atom. The van der Waals surface area contributed by atoms with Crippen molar-refractivity contribution in [2.24, 2.45) is 0 Å². The van der Waals surface area contributed by atoms with Gasteiger partial charge in [-0.15, -0.1) is 0 Å². The SMILES string of the molecule is Nc1cccnc1Nc1ccc(Nc2ccccc2C(=O)O)cc1. The predicted octanol–water partition coefficient (Wildman–Crippen LogP) is 3.85. The molecule has 0 unspecified atom stereocenters. The van der Waals surface area contributed by atoms with E-state index in [-0.39, 0.29) is 5.56 Å². The lowest BCUT2D eigenvalue weighted by Crippen LogP contribution is -2.02. The number of hydrogen-bond donors (Lipinski definition) is 4. The molecule has 24 heavy (non-hydrogen) atoms. The van der Waals surface area contributed by atoms with Crippen LogP contribution in [0.1, 0.15) is 10.4 Å². The van der Waals surface area contributed by atoms with Gasteiger partial charge in [0.25, 0.3) is 0 Å². The second-order valence-electron chi connectivity index (χ2n) is 5.12. The Bertz CT molecular complexity index is 863. The molecule has 0 atom stereocenters. The number of nitrogens with one attached hydrogen (secondary N) is 2. The van der Waals surface area contributed by atoms with Crippen molar-refractivity contribution in [2.45, 2.75) is 0 Å². The number of carbonyl (C=O) groups is 1. The van der Waals surface area contributed by atoms with E-state index in [9.17, 15) is 9.90 Å². The number of aromatic nitrogens is 1. The summed E-state index contributed by atoms with van der Waals surface area (Å²) in [5.74, 6) is -0.378. The minimum Gasteiger partial charge on any atom is -0.478 e. The topological polar surface area (TPSA) is 100 Å². The summed E-state index contributed by atoms with van der Waals surface area (Å²) in [6, 6.07) is 17.7. The van der Waals surface area contributed by atoms with Crippen molar-refractivity contribution < 1.29 is 9.90 Å². The minimum atomic E-state index is -0.970. The number of nitrogen functional groups attached to an aromatic ring is 1. The van der Waals surface area contributed by atoms with Gasteiger partial charge in [-0.2, -0.15) is 0 Å². The number of aromatic carboxylic acids is 1. The largest absolute Gasteiger partial charge is 0.478 e. The van der Waals surface area contributed by atoms with Gasteiger partial charge in [-0.05, 0) is 48.5 Å². The van der Waals surface area contributed by atoms with Crippen LogP contribution in [0.4, 0.5) is 28.6 Å². The van der Waals surface area contributed by atoms with E-state index in [1.807, 2.05) is 24.3 Å². The zero-order valence-corrected chi connectivity index (χ0v) is 12.7. The molecule has 6 heteroatoms. The number of nitrogens with zero attached hydrogens (tertiary/aromatic N) is 1. The van der Waals surface area contributed by atoms with Crippen molar-refractivity contribution in [3.8, 4) is 0 Å². The molecule has 0 aliphatic heterocycles. The Kier molecular flexibility index (Phi) is 4.29. The first kappa shape index (κ1) is 15.4.